The van der Waals surface area contributed by atoms with Crippen LogP contribution in [0.15, 0.2) is 54.6 Å². The zero-order valence-electron chi connectivity index (χ0n) is 15.8. The van der Waals surface area contributed by atoms with Crippen LogP contribution in [-0.4, -0.2) is 5.92 Å². The first kappa shape index (κ1) is 19.4. The Hall–Kier alpha value is -2.40. The van der Waals surface area contributed by atoms with E-state index in [1.54, 1.807) is 0 Å². The fourth-order valence-electron chi connectivity index (χ4n) is 3.42. The van der Waals surface area contributed by atoms with Gasteiger partial charge in [0.1, 0.15) is 0 Å². The van der Waals surface area contributed by atoms with Crippen LogP contribution in [0.25, 0.3) is 6.08 Å². The van der Waals surface area contributed by atoms with Crippen molar-refractivity contribution < 1.29 is 8.78 Å². The van der Waals surface area contributed by atoms with E-state index in [9.17, 15) is 8.78 Å². The van der Waals surface area contributed by atoms with Gasteiger partial charge < -0.3 is 0 Å². The highest BCUT2D eigenvalue weighted by Crippen LogP contribution is 2.40. The van der Waals surface area contributed by atoms with Gasteiger partial charge in [-0.15, -0.1) is 0 Å². The van der Waals surface area contributed by atoms with E-state index in [0.717, 1.165) is 29.5 Å². The van der Waals surface area contributed by atoms with Crippen LogP contribution in [0, 0.1) is 11.8 Å². The van der Waals surface area contributed by atoms with Gasteiger partial charge in [0.15, 0.2) is 0 Å². The molecular formula is C25H26F2. The van der Waals surface area contributed by atoms with Gasteiger partial charge in [0, 0.05) is 24.0 Å². The number of benzene rings is 2. The van der Waals surface area contributed by atoms with E-state index in [1.807, 2.05) is 36.4 Å². The summed E-state index contributed by atoms with van der Waals surface area (Å²) in [5.74, 6) is 4.16. The standard InChI is InChI=1S/C25H26F2/c1-2-3-4-5-20-6-8-21(9-7-20)10-11-22-12-14-23(15-13-22)24-16-18-25(26,27)19-17-24/h4-9,12-15,24H,2-3,16-19H2,1H3/b5-4+. The Bertz CT molecular complexity index is 807. The molecule has 0 N–H and O–H groups in total. The van der Waals surface area contributed by atoms with E-state index < -0.39 is 5.92 Å². The molecule has 0 bridgehead atoms. The summed E-state index contributed by atoms with van der Waals surface area (Å²) in [6, 6.07) is 16.3. The van der Waals surface area contributed by atoms with Crippen LogP contribution in [0.1, 0.15) is 73.6 Å². The molecule has 0 aliphatic heterocycles. The van der Waals surface area contributed by atoms with Crippen molar-refractivity contribution in [1.29, 1.82) is 0 Å². The van der Waals surface area contributed by atoms with Gasteiger partial charge >= 0.3 is 0 Å². The van der Waals surface area contributed by atoms with Crippen molar-refractivity contribution in [2.75, 3.05) is 0 Å². The quantitative estimate of drug-likeness (QED) is 0.504. The van der Waals surface area contributed by atoms with E-state index in [-0.39, 0.29) is 18.8 Å². The van der Waals surface area contributed by atoms with Gasteiger partial charge in [-0.25, -0.2) is 8.78 Å². The van der Waals surface area contributed by atoms with Crippen LogP contribution in [0.2, 0.25) is 0 Å². The topological polar surface area (TPSA) is 0 Å². The predicted octanol–water partition coefficient (Wildman–Crippen LogP) is 7.19. The lowest BCUT2D eigenvalue weighted by Crippen LogP contribution is -2.23. The van der Waals surface area contributed by atoms with Gasteiger partial charge in [-0.2, -0.15) is 0 Å². The Balaban J connectivity index is 1.60. The summed E-state index contributed by atoms with van der Waals surface area (Å²) in [5.41, 5.74) is 4.28. The fourth-order valence-corrected chi connectivity index (χ4v) is 3.42. The molecule has 1 aliphatic carbocycles. The van der Waals surface area contributed by atoms with E-state index in [2.05, 4.69) is 43.0 Å². The van der Waals surface area contributed by atoms with Gasteiger partial charge in [-0.05, 0) is 60.6 Å². The highest BCUT2D eigenvalue weighted by molar-refractivity contribution is 5.52. The van der Waals surface area contributed by atoms with E-state index in [1.165, 1.54) is 5.56 Å². The maximum Gasteiger partial charge on any atom is 0.248 e. The summed E-state index contributed by atoms with van der Waals surface area (Å²) >= 11 is 0. The molecule has 0 radical (unpaired) electrons. The number of hydrogen-bond donors (Lipinski definition) is 0. The third-order valence-corrected chi connectivity index (χ3v) is 5.13. The van der Waals surface area contributed by atoms with Crippen LogP contribution < -0.4 is 0 Å². The van der Waals surface area contributed by atoms with Crippen LogP contribution in [0.3, 0.4) is 0 Å². The molecule has 0 saturated heterocycles. The minimum atomic E-state index is -2.47. The Morgan fingerprint density at radius 1 is 0.926 bits per heavy atom. The molecule has 27 heavy (non-hydrogen) atoms. The normalized spacial score (nSPS) is 16.9. The molecule has 3 rings (SSSR count). The molecule has 140 valence electrons. The maximum atomic E-state index is 13.3. The first-order valence-corrected chi connectivity index (χ1v) is 9.82. The number of alkyl halides is 2. The third kappa shape index (κ3) is 5.79. The van der Waals surface area contributed by atoms with Crippen LogP contribution in [0.4, 0.5) is 8.78 Å². The Morgan fingerprint density at radius 2 is 1.48 bits per heavy atom. The smallest absolute Gasteiger partial charge is 0.207 e. The molecule has 2 aromatic carbocycles. The first-order chi connectivity index (χ1) is 13.1. The number of hydrogen-bond acceptors (Lipinski definition) is 0. The average molecular weight is 364 g/mol. The summed E-state index contributed by atoms with van der Waals surface area (Å²) in [5, 5.41) is 0. The Kier molecular flexibility index (Phi) is 6.45. The lowest BCUT2D eigenvalue weighted by atomic mass is 9.82. The molecule has 0 spiro atoms. The molecule has 0 nitrogen and oxygen atoms in total. The fraction of sp³-hybridized carbons (Fsp3) is 0.360. The minimum absolute atomic E-state index is 0.00283. The maximum absolute atomic E-state index is 13.3. The summed E-state index contributed by atoms with van der Waals surface area (Å²) in [7, 11) is 0. The average Bonchev–Trinajstić information content (AvgIpc) is 2.68. The van der Waals surface area contributed by atoms with Gasteiger partial charge in [-0.1, -0.05) is 61.6 Å². The van der Waals surface area contributed by atoms with Gasteiger partial charge in [-0.3, -0.25) is 0 Å². The van der Waals surface area contributed by atoms with E-state index >= 15 is 0 Å². The molecule has 2 heteroatoms. The van der Waals surface area contributed by atoms with Crippen LogP contribution >= 0.6 is 0 Å². The van der Waals surface area contributed by atoms with Gasteiger partial charge in [0.25, 0.3) is 0 Å². The monoisotopic (exact) mass is 364 g/mol. The largest absolute Gasteiger partial charge is 0.248 e. The lowest BCUT2D eigenvalue weighted by molar-refractivity contribution is -0.0382. The molecule has 0 aromatic heterocycles. The van der Waals surface area contributed by atoms with E-state index in [4.69, 9.17) is 0 Å². The Labute approximate surface area is 161 Å². The van der Waals surface area contributed by atoms with Gasteiger partial charge in [0.05, 0.1) is 0 Å². The summed E-state index contributed by atoms with van der Waals surface area (Å²) in [4.78, 5) is 0. The summed E-state index contributed by atoms with van der Waals surface area (Å²) in [6.45, 7) is 2.17. The van der Waals surface area contributed by atoms with Crippen molar-refractivity contribution >= 4 is 6.08 Å². The third-order valence-electron chi connectivity index (χ3n) is 5.13. The molecular weight excluding hydrogens is 338 g/mol. The summed E-state index contributed by atoms with van der Waals surface area (Å²) < 4.78 is 26.6. The second kappa shape index (κ2) is 9.00. The first-order valence-electron chi connectivity index (χ1n) is 9.82. The van der Waals surface area contributed by atoms with Crippen LogP contribution in [0.5, 0.6) is 0 Å². The molecule has 1 fully saturated rings. The van der Waals surface area contributed by atoms with Crippen molar-refractivity contribution in [3.8, 4) is 11.8 Å². The zero-order valence-corrected chi connectivity index (χ0v) is 15.8. The lowest BCUT2D eigenvalue weighted by Gasteiger charge is -2.28. The molecule has 0 heterocycles. The second-order valence-corrected chi connectivity index (χ2v) is 7.32. The van der Waals surface area contributed by atoms with Crippen molar-refractivity contribution in [1.82, 2.24) is 0 Å². The molecule has 0 atom stereocenters. The number of allylic oxidation sites excluding steroid dienone is 1. The Morgan fingerprint density at radius 3 is 2.04 bits per heavy atom. The summed E-state index contributed by atoms with van der Waals surface area (Å²) in [6.07, 6.45) is 7.73. The molecule has 1 saturated carbocycles. The highest BCUT2D eigenvalue weighted by atomic mass is 19.3. The minimum Gasteiger partial charge on any atom is -0.207 e. The van der Waals surface area contributed by atoms with Crippen LogP contribution in [-0.2, 0) is 0 Å². The zero-order chi connectivity index (χ0) is 19.1. The molecule has 0 unspecified atom stereocenters. The number of rotatable bonds is 4. The van der Waals surface area contributed by atoms with Gasteiger partial charge in [0.2, 0.25) is 5.92 Å². The van der Waals surface area contributed by atoms with E-state index in [0.29, 0.717) is 12.8 Å². The van der Waals surface area contributed by atoms with Crippen molar-refractivity contribution in [2.24, 2.45) is 0 Å². The van der Waals surface area contributed by atoms with Crippen molar-refractivity contribution in [3.63, 3.8) is 0 Å². The molecule has 1 aliphatic rings. The van der Waals surface area contributed by atoms with Crippen molar-refractivity contribution in [3.05, 3.63) is 76.9 Å². The predicted molar refractivity (Wildman–Crippen MR) is 109 cm³/mol. The number of halogens is 2. The number of unbranched alkanes of at least 4 members (excludes halogenated alkanes) is 1. The SMILES string of the molecule is CCC/C=C/c1ccc(C#Cc2ccc(C3CCC(F)(F)CC3)cc2)cc1. The highest BCUT2D eigenvalue weighted by Gasteiger charge is 2.35. The molecule has 0 amide bonds. The second-order valence-electron chi connectivity index (χ2n) is 7.32. The molecule has 2 aromatic rings. The van der Waals surface area contributed by atoms with Crippen molar-refractivity contribution in [2.45, 2.75) is 57.3 Å².